The number of nitrogens with zero attached hydrogens (tertiary/aromatic N) is 3. The minimum atomic E-state index is -4.44. The number of ether oxygens (including phenoxy) is 1. The molecule has 8 nitrogen and oxygen atoms in total. The Bertz CT molecular complexity index is 1030. The summed E-state index contributed by atoms with van der Waals surface area (Å²) in [4.78, 5) is 33.3. The summed E-state index contributed by atoms with van der Waals surface area (Å²) in [6.07, 6.45) is -0.516. The van der Waals surface area contributed by atoms with Crippen LogP contribution in [0.3, 0.4) is 0 Å². The molecule has 1 saturated heterocycles. The van der Waals surface area contributed by atoms with E-state index in [0.29, 0.717) is 45.0 Å². The second-order valence-electron chi connectivity index (χ2n) is 8.96. The van der Waals surface area contributed by atoms with Gasteiger partial charge >= 0.3 is 12.3 Å². The van der Waals surface area contributed by atoms with Crippen molar-refractivity contribution in [2.75, 3.05) is 44.2 Å². The van der Waals surface area contributed by atoms with Gasteiger partial charge in [0.25, 0.3) is 0 Å². The molecule has 0 spiro atoms. The fourth-order valence-electron chi connectivity index (χ4n) is 4.08. The number of carbonyl (C=O) groups is 2. The standard InChI is InChI=1S/C27H34F3N5O3/c1-2-13-31-14-7-6-10-23(33-26(37)38-20-21-8-4-3-5-9-21)25(36)35-17-15-34(16-18-35)24-12-11-22(19-32-24)27(28,29)30/h2-5,8-9,11-12,19,23,31H,1,6-7,10,13-18,20H2,(H,33,37)/t23-/m0/s1. The van der Waals surface area contributed by atoms with Crippen LogP contribution in [0.25, 0.3) is 0 Å². The van der Waals surface area contributed by atoms with Crippen LogP contribution in [-0.2, 0) is 22.3 Å². The van der Waals surface area contributed by atoms with E-state index in [1.807, 2.05) is 35.2 Å². The fourth-order valence-corrected chi connectivity index (χ4v) is 4.08. The van der Waals surface area contributed by atoms with Gasteiger partial charge < -0.3 is 25.2 Å². The number of carbonyl (C=O) groups excluding carboxylic acids is 2. The first kappa shape index (κ1) is 29.0. The number of piperazine rings is 1. The van der Waals surface area contributed by atoms with Crippen LogP contribution < -0.4 is 15.5 Å². The van der Waals surface area contributed by atoms with Crippen LogP contribution in [0.1, 0.15) is 30.4 Å². The maximum absolute atomic E-state index is 13.3. The molecule has 11 heteroatoms. The minimum Gasteiger partial charge on any atom is -0.445 e. The maximum Gasteiger partial charge on any atom is 0.417 e. The summed E-state index contributed by atoms with van der Waals surface area (Å²) < 4.78 is 43.8. The molecule has 0 aliphatic carbocycles. The molecule has 1 atom stereocenters. The van der Waals surface area contributed by atoms with E-state index < -0.39 is 23.9 Å². The van der Waals surface area contributed by atoms with Gasteiger partial charge in [-0.3, -0.25) is 4.79 Å². The van der Waals surface area contributed by atoms with Crippen molar-refractivity contribution in [2.45, 2.75) is 38.1 Å². The molecular formula is C27H34F3N5O3. The first-order valence-corrected chi connectivity index (χ1v) is 12.6. The van der Waals surface area contributed by atoms with E-state index >= 15 is 0 Å². The average Bonchev–Trinajstić information content (AvgIpc) is 2.93. The highest BCUT2D eigenvalue weighted by molar-refractivity contribution is 5.86. The summed E-state index contributed by atoms with van der Waals surface area (Å²) in [5.74, 6) is 0.219. The van der Waals surface area contributed by atoms with Crippen molar-refractivity contribution in [2.24, 2.45) is 0 Å². The van der Waals surface area contributed by atoms with Gasteiger partial charge in [0, 0.05) is 38.9 Å². The lowest BCUT2D eigenvalue weighted by Crippen LogP contribution is -2.55. The van der Waals surface area contributed by atoms with E-state index in [2.05, 4.69) is 22.2 Å². The molecule has 0 radical (unpaired) electrons. The molecule has 2 N–H and O–H groups in total. The number of benzene rings is 1. The number of hydrogen-bond donors (Lipinski definition) is 2. The van der Waals surface area contributed by atoms with Crippen LogP contribution in [0.4, 0.5) is 23.8 Å². The van der Waals surface area contributed by atoms with E-state index in [9.17, 15) is 22.8 Å². The molecule has 3 rings (SSSR count). The maximum atomic E-state index is 13.3. The van der Waals surface area contributed by atoms with E-state index in [1.165, 1.54) is 6.07 Å². The number of alkyl halides is 3. The largest absolute Gasteiger partial charge is 0.445 e. The summed E-state index contributed by atoms with van der Waals surface area (Å²) in [5, 5.41) is 5.94. The van der Waals surface area contributed by atoms with Gasteiger partial charge in [-0.2, -0.15) is 13.2 Å². The molecular weight excluding hydrogens is 499 g/mol. The predicted octanol–water partition coefficient (Wildman–Crippen LogP) is 3.99. The van der Waals surface area contributed by atoms with Crippen LogP contribution in [-0.4, -0.2) is 67.2 Å². The molecule has 1 aromatic heterocycles. The average molecular weight is 534 g/mol. The summed E-state index contributed by atoms with van der Waals surface area (Å²) in [5.41, 5.74) is 0.0367. The number of halogens is 3. The Morgan fingerprint density at radius 1 is 1.08 bits per heavy atom. The molecule has 1 fully saturated rings. The Hall–Kier alpha value is -3.60. The molecule has 0 saturated carbocycles. The van der Waals surface area contributed by atoms with Crippen LogP contribution in [0.2, 0.25) is 0 Å². The number of pyridine rings is 1. The summed E-state index contributed by atoms with van der Waals surface area (Å²) in [6, 6.07) is 10.9. The Kier molecular flexibility index (Phi) is 11.0. The molecule has 1 aromatic carbocycles. The zero-order chi connectivity index (χ0) is 27.4. The smallest absolute Gasteiger partial charge is 0.417 e. The molecule has 206 valence electrons. The van der Waals surface area contributed by atoms with Gasteiger partial charge in [-0.1, -0.05) is 36.4 Å². The third-order valence-corrected chi connectivity index (χ3v) is 6.18. The zero-order valence-corrected chi connectivity index (χ0v) is 21.3. The van der Waals surface area contributed by atoms with E-state index in [4.69, 9.17) is 4.74 Å². The lowest BCUT2D eigenvalue weighted by atomic mass is 10.1. The zero-order valence-electron chi connectivity index (χ0n) is 21.3. The molecule has 2 aromatic rings. The third kappa shape index (κ3) is 9.05. The molecule has 2 amide bonds. The summed E-state index contributed by atoms with van der Waals surface area (Å²) in [7, 11) is 0. The van der Waals surface area contributed by atoms with Crippen LogP contribution >= 0.6 is 0 Å². The molecule has 1 aliphatic heterocycles. The SMILES string of the molecule is C=CCNCCCC[C@H](NC(=O)OCc1ccccc1)C(=O)N1CCN(c2ccc(C(F)(F)F)cn2)CC1. The van der Waals surface area contributed by atoms with Gasteiger partial charge in [-0.25, -0.2) is 9.78 Å². The minimum absolute atomic E-state index is 0.0951. The number of unbranched alkanes of at least 4 members (excludes halogenated alkanes) is 1. The highest BCUT2D eigenvalue weighted by atomic mass is 19.4. The molecule has 1 aliphatic rings. The Labute approximate surface area is 220 Å². The highest BCUT2D eigenvalue weighted by Crippen LogP contribution is 2.29. The van der Waals surface area contributed by atoms with Crippen molar-refractivity contribution >= 4 is 17.8 Å². The van der Waals surface area contributed by atoms with Gasteiger partial charge in [-0.05, 0) is 43.5 Å². The number of rotatable bonds is 12. The second-order valence-corrected chi connectivity index (χ2v) is 8.96. The highest BCUT2D eigenvalue weighted by Gasteiger charge is 2.32. The van der Waals surface area contributed by atoms with Crippen LogP contribution in [0, 0.1) is 0 Å². The summed E-state index contributed by atoms with van der Waals surface area (Å²) in [6.45, 7) is 6.78. The lowest BCUT2D eigenvalue weighted by molar-refractivity contribution is -0.138. The molecule has 0 bridgehead atoms. The molecule has 2 heterocycles. The van der Waals surface area contributed by atoms with Gasteiger partial charge in [0.05, 0.1) is 5.56 Å². The van der Waals surface area contributed by atoms with Crippen molar-refractivity contribution in [3.63, 3.8) is 0 Å². The number of anilines is 1. The molecule has 0 unspecified atom stereocenters. The van der Waals surface area contributed by atoms with Crippen molar-refractivity contribution in [1.82, 2.24) is 20.5 Å². The Morgan fingerprint density at radius 2 is 1.82 bits per heavy atom. The lowest BCUT2D eigenvalue weighted by Gasteiger charge is -2.37. The number of nitrogens with one attached hydrogen (secondary N) is 2. The van der Waals surface area contributed by atoms with Gasteiger partial charge in [0.1, 0.15) is 18.5 Å². The predicted molar refractivity (Wildman–Crippen MR) is 139 cm³/mol. The number of alkyl carbamates (subject to hydrolysis) is 1. The van der Waals surface area contributed by atoms with E-state index in [0.717, 1.165) is 37.2 Å². The topological polar surface area (TPSA) is 86.8 Å². The van der Waals surface area contributed by atoms with Crippen molar-refractivity contribution in [1.29, 1.82) is 0 Å². The van der Waals surface area contributed by atoms with E-state index in [-0.39, 0.29) is 12.5 Å². The number of hydrogen-bond acceptors (Lipinski definition) is 6. The second kappa shape index (κ2) is 14.4. The molecule has 38 heavy (non-hydrogen) atoms. The number of amides is 2. The van der Waals surface area contributed by atoms with Gasteiger partial charge in [0.2, 0.25) is 5.91 Å². The van der Waals surface area contributed by atoms with Crippen LogP contribution in [0.15, 0.2) is 61.3 Å². The van der Waals surface area contributed by atoms with E-state index in [1.54, 1.807) is 11.0 Å². The van der Waals surface area contributed by atoms with Gasteiger partial charge in [0.15, 0.2) is 0 Å². The van der Waals surface area contributed by atoms with Crippen molar-refractivity contribution < 1.29 is 27.5 Å². The quantitative estimate of drug-likeness (QED) is 0.317. The Morgan fingerprint density at radius 3 is 2.45 bits per heavy atom. The van der Waals surface area contributed by atoms with Crippen LogP contribution in [0.5, 0.6) is 0 Å². The van der Waals surface area contributed by atoms with Gasteiger partial charge in [-0.15, -0.1) is 6.58 Å². The number of aromatic nitrogens is 1. The summed E-state index contributed by atoms with van der Waals surface area (Å²) >= 11 is 0. The van der Waals surface area contributed by atoms with Crippen molar-refractivity contribution in [3.05, 3.63) is 72.4 Å². The monoisotopic (exact) mass is 533 g/mol. The third-order valence-electron chi connectivity index (χ3n) is 6.18. The normalized spacial score (nSPS) is 14.6. The Balaban J connectivity index is 1.54. The van der Waals surface area contributed by atoms with Crippen molar-refractivity contribution in [3.8, 4) is 0 Å². The first-order chi connectivity index (χ1) is 18.3. The first-order valence-electron chi connectivity index (χ1n) is 12.6. The fraction of sp³-hybridized carbons (Fsp3) is 0.444.